The van der Waals surface area contributed by atoms with E-state index in [0.717, 1.165) is 29.9 Å². The van der Waals surface area contributed by atoms with E-state index in [-0.39, 0.29) is 11.8 Å². The molecule has 0 bridgehead atoms. The Morgan fingerprint density at radius 3 is 3.06 bits per heavy atom. The number of aryl methyl sites for hydroxylation is 1. The monoisotopic (exact) mass is 229 g/mol. The number of nitrogens with zero attached hydrogens (tertiary/aromatic N) is 2. The fraction of sp³-hybridized carbons (Fsp3) is 0.385. The Balaban J connectivity index is 1.91. The molecule has 0 aromatic carbocycles. The molecule has 1 fully saturated rings. The zero-order valence-electron chi connectivity index (χ0n) is 9.81. The average Bonchev–Trinajstić information content (AvgIpc) is 2.56. The van der Waals surface area contributed by atoms with E-state index in [1.165, 1.54) is 6.42 Å². The van der Waals surface area contributed by atoms with Gasteiger partial charge in [-0.3, -0.25) is 4.79 Å². The maximum absolute atomic E-state index is 11.9. The zero-order chi connectivity index (χ0) is 11.8. The molecule has 0 spiro atoms. The molecule has 88 valence electrons. The van der Waals surface area contributed by atoms with Crippen LogP contribution >= 0.6 is 0 Å². The third-order valence-corrected chi connectivity index (χ3v) is 3.34. The topological polar surface area (TPSA) is 46.4 Å². The second-order valence-corrected chi connectivity index (χ2v) is 4.65. The van der Waals surface area contributed by atoms with Crippen LogP contribution in [0.5, 0.6) is 0 Å². The van der Waals surface area contributed by atoms with Crippen molar-refractivity contribution in [2.24, 2.45) is 5.92 Å². The lowest BCUT2D eigenvalue weighted by atomic mass is 9.85. The number of fused-ring (bicyclic) bond motifs is 1. The maximum atomic E-state index is 11.9. The highest BCUT2D eigenvalue weighted by atomic mass is 16.1. The van der Waals surface area contributed by atoms with Gasteiger partial charge >= 0.3 is 0 Å². The van der Waals surface area contributed by atoms with Gasteiger partial charge in [-0.1, -0.05) is 6.42 Å². The van der Waals surface area contributed by atoms with Crippen LogP contribution < -0.4 is 5.32 Å². The molecule has 1 aliphatic rings. The van der Waals surface area contributed by atoms with E-state index in [4.69, 9.17) is 0 Å². The van der Waals surface area contributed by atoms with E-state index < -0.39 is 0 Å². The highest BCUT2D eigenvalue weighted by Crippen LogP contribution is 2.28. The van der Waals surface area contributed by atoms with Crippen LogP contribution in [0.4, 0.5) is 5.69 Å². The molecule has 2 heterocycles. The Bertz CT molecular complexity index is 569. The van der Waals surface area contributed by atoms with Crippen molar-refractivity contribution in [3.63, 3.8) is 0 Å². The predicted octanol–water partition coefficient (Wildman–Crippen LogP) is 2.38. The molecule has 3 rings (SSSR count). The second kappa shape index (κ2) is 3.87. The molecule has 4 nitrogen and oxygen atoms in total. The molecule has 2 aromatic rings. The highest BCUT2D eigenvalue weighted by molar-refractivity contribution is 5.96. The smallest absolute Gasteiger partial charge is 0.227 e. The van der Waals surface area contributed by atoms with Crippen molar-refractivity contribution in [2.45, 2.75) is 26.2 Å². The molecular weight excluding hydrogens is 214 g/mol. The van der Waals surface area contributed by atoms with Gasteiger partial charge in [-0.2, -0.15) is 0 Å². The zero-order valence-corrected chi connectivity index (χ0v) is 9.81. The van der Waals surface area contributed by atoms with Gasteiger partial charge in [0.25, 0.3) is 0 Å². The van der Waals surface area contributed by atoms with Gasteiger partial charge in [0.15, 0.2) is 5.65 Å². The second-order valence-electron chi connectivity index (χ2n) is 4.65. The van der Waals surface area contributed by atoms with Crippen LogP contribution in [0.25, 0.3) is 5.65 Å². The number of aromatic nitrogens is 2. The first-order chi connectivity index (χ1) is 8.24. The van der Waals surface area contributed by atoms with Gasteiger partial charge in [0.2, 0.25) is 5.91 Å². The molecule has 0 radical (unpaired) electrons. The van der Waals surface area contributed by atoms with Crippen LogP contribution in [0, 0.1) is 12.8 Å². The molecule has 0 unspecified atom stereocenters. The first kappa shape index (κ1) is 10.3. The van der Waals surface area contributed by atoms with E-state index in [0.29, 0.717) is 0 Å². The standard InChI is InChI=1S/C13H15N3O/c1-9-8-16-7-3-6-11(12(16)14-9)15-13(17)10-4-2-5-10/h3,6-8,10H,2,4-5H2,1H3,(H,15,17). The molecule has 1 N–H and O–H groups in total. The Morgan fingerprint density at radius 1 is 1.53 bits per heavy atom. The average molecular weight is 229 g/mol. The molecule has 1 aliphatic carbocycles. The number of hydrogen-bond donors (Lipinski definition) is 1. The first-order valence-corrected chi connectivity index (χ1v) is 5.99. The van der Waals surface area contributed by atoms with Crippen LogP contribution in [-0.4, -0.2) is 15.3 Å². The summed E-state index contributed by atoms with van der Waals surface area (Å²) in [5.74, 6) is 0.330. The van der Waals surface area contributed by atoms with Crippen LogP contribution in [-0.2, 0) is 4.79 Å². The van der Waals surface area contributed by atoms with Crippen molar-refractivity contribution in [1.29, 1.82) is 0 Å². The Morgan fingerprint density at radius 2 is 2.35 bits per heavy atom. The van der Waals surface area contributed by atoms with Gasteiger partial charge in [0.05, 0.1) is 11.4 Å². The molecule has 1 saturated carbocycles. The van der Waals surface area contributed by atoms with Gasteiger partial charge in [0, 0.05) is 18.3 Å². The van der Waals surface area contributed by atoms with E-state index in [1.54, 1.807) is 0 Å². The van der Waals surface area contributed by atoms with Crippen molar-refractivity contribution < 1.29 is 4.79 Å². The van der Waals surface area contributed by atoms with Crippen LogP contribution in [0.15, 0.2) is 24.5 Å². The molecule has 0 atom stereocenters. The Hall–Kier alpha value is -1.84. The Kier molecular flexibility index (Phi) is 2.35. The number of imidazole rings is 1. The first-order valence-electron chi connectivity index (χ1n) is 5.99. The van der Waals surface area contributed by atoms with Gasteiger partial charge in [-0.25, -0.2) is 4.98 Å². The van der Waals surface area contributed by atoms with Gasteiger partial charge in [0.1, 0.15) is 0 Å². The van der Waals surface area contributed by atoms with Gasteiger partial charge in [-0.05, 0) is 31.9 Å². The number of carbonyl (C=O) groups excluding carboxylic acids is 1. The summed E-state index contributed by atoms with van der Waals surface area (Å²) in [4.78, 5) is 16.3. The summed E-state index contributed by atoms with van der Waals surface area (Å²) in [6, 6.07) is 3.82. The number of amides is 1. The van der Waals surface area contributed by atoms with Crippen LogP contribution in [0.3, 0.4) is 0 Å². The minimum absolute atomic E-state index is 0.130. The van der Waals surface area contributed by atoms with Crippen molar-refractivity contribution >= 4 is 17.2 Å². The Labute approximate surface area is 99.7 Å². The highest BCUT2D eigenvalue weighted by Gasteiger charge is 2.25. The third-order valence-electron chi connectivity index (χ3n) is 3.34. The number of carbonyl (C=O) groups is 1. The van der Waals surface area contributed by atoms with Crippen LogP contribution in [0.1, 0.15) is 25.0 Å². The maximum Gasteiger partial charge on any atom is 0.227 e. The quantitative estimate of drug-likeness (QED) is 0.859. The number of anilines is 1. The summed E-state index contributed by atoms with van der Waals surface area (Å²) in [5, 5.41) is 2.98. The SMILES string of the molecule is Cc1cn2cccc(NC(=O)C3CCC3)c2n1. The molecule has 4 heteroatoms. The fourth-order valence-electron chi connectivity index (χ4n) is 2.14. The fourth-order valence-corrected chi connectivity index (χ4v) is 2.14. The summed E-state index contributed by atoms with van der Waals surface area (Å²) in [6.45, 7) is 1.95. The molecule has 0 saturated heterocycles. The summed E-state index contributed by atoms with van der Waals surface area (Å²) in [5.41, 5.74) is 2.57. The van der Waals surface area contributed by atoms with Crippen molar-refractivity contribution in [1.82, 2.24) is 9.38 Å². The minimum atomic E-state index is 0.130. The lowest BCUT2D eigenvalue weighted by Gasteiger charge is -2.24. The molecule has 1 amide bonds. The van der Waals surface area contributed by atoms with Gasteiger partial charge in [-0.15, -0.1) is 0 Å². The van der Waals surface area contributed by atoms with E-state index in [1.807, 2.05) is 35.9 Å². The molecule has 2 aromatic heterocycles. The van der Waals surface area contributed by atoms with E-state index in [9.17, 15) is 4.79 Å². The van der Waals surface area contributed by atoms with Crippen LogP contribution in [0.2, 0.25) is 0 Å². The number of nitrogens with one attached hydrogen (secondary N) is 1. The number of pyridine rings is 1. The van der Waals surface area contributed by atoms with Gasteiger partial charge < -0.3 is 9.72 Å². The normalized spacial score (nSPS) is 15.8. The van der Waals surface area contributed by atoms with Crippen molar-refractivity contribution in [3.8, 4) is 0 Å². The third kappa shape index (κ3) is 1.79. The molecule has 17 heavy (non-hydrogen) atoms. The summed E-state index contributed by atoms with van der Waals surface area (Å²) in [7, 11) is 0. The largest absolute Gasteiger partial charge is 0.323 e. The summed E-state index contributed by atoms with van der Waals surface area (Å²) < 4.78 is 1.94. The van der Waals surface area contributed by atoms with Crippen molar-refractivity contribution in [3.05, 3.63) is 30.2 Å². The summed E-state index contributed by atoms with van der Waals surface area (Å²) in [6.07, 6.45) is 7.10. The molecule has 0 aliphatic heterocycles. The lowest BCUT2D eigenvalue weighted by Crippen LogP contribution is -2.28. The lowest BCUT2D eigenvalue weighted by molar-refractivity contribution is -0.122. The number of hydrogen-bond acceptors (Lipinski definition) is 2. The minimum Gasteiger partial charge on any atom is -0.323 e. The number of rotatable bonds is 2. The summed E-state index contributed by atoms with van der Waals surface area (Å²) >= 11 is 0. The van der Waals surface area contributed by atoms with E-state index >= 15 is 0 Å². The molecular formula is C13H15N3O. The van der Waals surface area contributed by atoms with E-state index in [2.05, 4.69) is 10.3 Å². The van der Waals surface area contributed by atoms with Crippen molar-refractivity contribution in [2.75, 3.05) is 5.32 Å². The predicted molar refractivity (Wildman–Crippen MR) is 65.9 cm³/mol.